The fourth-order valence-electron chi connectivity index (χ4n) is 1.80. The summed E-state index contributed by atoms with van der Waals surface area (Å²) in [5, 5.41) is 9.01. The van der Waals surface area contributed by atoms with Crippen molar-refractivity contribution in [1.82, 2.24) is 10.0 Å². The van der Waals surface area contributed by atoms with Crippen LogP contribution >= 0.6 is 11.6 Å². The van der Waals surface area contributed by atoms with Crippen LogP contribution in [0.4, 0.5) is 0 Å². The molecule has 0 fully saturated rings. The van der Waals surface area contributed by atoms with Crippen LogP contribution in [-0.2, 0) is 11.3 Å². The number of amides is 1. The topological polar surface area (TPSA) is 63.5 Å². The van der Waals surface area contributed by atoms with E-state index in [9.17, 15) is 4.79 Å². The molecule has 0 spiro atoms. The number of ether oxygens (including phenoxy) is 1. The lowest BCUT2D eigenvalue weighted by molar-refractivity contribution is -0.124. The van der Waals surface area contributed by atoms with Crippen molar-refractivity contribution in [1.29, 1.82) is 0 Å². The van der Waals surface area contributed by atoms with Gasteiger partial charge < -0.3 is 9.30 Å². The van der Waals surface area contributed by atoms with Gasteiger partial charge in [0.25, 0.3) is 5.91 Å². The highest BCUT2D eigenvalue weighted by Crippen LogP contribution is 2.23. The second-order valence-electron chi connectivity index (χ2n) is 4.21. The van der Waals surface area contributed by atoms with Crippen LogP contribution in [0, 0.1) is 0 Å². The van der Waals surface area contributed by atoms with Gasteiger partial charge in [-0.2, -0.15) is 0 Å². The maximum absolute atomic E-state index is 11.0. The van der Waals surface area contributed by atoms with Gasteiger partial charge in [0.05, 0.1) is 11.6 Å². The number of carbonyl (C=O) groups excluding carboxylic acids is 1. The zero-order valence-corrected chi connectivity index (χ0v) is 12.0. The van der Waals surface area contributed by atoms with Crippen LogP contribution in [0.5, 0.6) is 5.75 Å². The molecule has 0 atom stereocenters. The Hall–Kier alpha value is -2.24. The number of nitrogens with zero attached hydrogens (tertiary/aromatic N) is 1. The van der Waals surface area contributed by atoms with Crippen molar-refractivity contribution in [2.75, 3.05) is 6.61 Å². The molecule has 0 saturated heterocycles. The molecule has 0 aliphatic heterocycles. The third-order valence-corrected chi connectivity index (χ3v) is 3.12. The molecule has 1 aromatic carbocycles. The van der Waals surface area contributed by atoms with Gasteiger partial charge in [-0.25, -0.2) is 5.48 Å². The average molecular weight is 307 g/mol. The first-order chi connectivity index (χ1) is 10.2. The summed E-state index contributed by atoms with van der Waals surface area (Å²) in [6.45, 7) is 1.06. The normalized spacial score (nSPS) is 10.8. The number of carbonyl (C=O) groups is 1. The summed E-state index contributed by atoms with van der Waals surface area (Å²) in [6, 6.07) is 11.0. The second kappa shape index (κ2) is 7.52. The predicted molar refractivity (Wildman–Crippen MR) is 80.3 cm³/mol. The Bertz CT molecular complexity index is 637. The van der Waals surface area contributed by atoms with Gasteiger partial charge in [-0.1, -0.05) is 23.7 Å². The smallest absolute Gasteiger partial charge is 0.267 e. The predicted octanol–water partition coefficient (Wildman–Crippen LogP) is 2.74. The average Bonchev–Trinajstić information content (AvgIpc) is 2.94. The number of halogens is 1. The summed E-state index contributed by atoms with van der Waals surface area (Å²) in [4.78, 5) is 11.0. The van der Waals surface area contributed by atoms with Crippen LogP contribution in [-0.4, -0.2) is 22.3 Å². The first-order valence-corrected chi connectivity index (χ1v) is 6.73. The number of hydrogen-bond donors (Lipinski definition) is 2. The third kappa shape index (κ3) is 4.37. The summed E-state index contributed by atoms with van der Waals surface area (Å²) in [5.41, 5.74) is 2.38. The fraction of sp³-hybridized carbons (Fsp3) is 0.133. The summed E-state index contributed by atoms with van der Waals surface area (Å²) in [6.07, 6.45) is 4.74. The van der Waals surface area contributed by atoms with Crippen molar-refractivity contribution >= 4 is 23.6 Å². The molecule has 0 aliphatic carbocycles. The van der Waals surface area contributed by atoms with E-state index in [-0.39, 0.29) is 0 Å². The van der Waals surface area contributed by atoms with E-state index in [1.165, 1.54) is 6.08 Å². The van der Waals surface area contributed by atoms with E-state index in [0.29, 0.717) is 23.9 Å². The molecule has 0 radical (unpaired) electrons. The zero-order chi connectivity index (χ0) is 15.1. The minimum absolute atomic E-state index is 0.450. The summed E-state index contributed by atoms with van der Waals surface area (Å²) < 4.78 is 7.54. The van der Waals surface area contributed by atoms with Crippen LogP contribution in [0.15, 0.2) is 48.7 Å². The largest absolute Gasteiger partial charge is 0.490 e. The van der Waals surface area contributed by atoms with Gasteiger partial charge in [0.15, 0.2) is 0 Å². The summed E-state index contributed by atoms with van der Waals surface area (Å²) >= 11 is 6.01. The monoisotopic (exact) mass is 306 g/mol. The number of hydrogen-bond acceptors (Lipinski definition) is 3. The van der Waals surface area contributed by atoms with Crippen molar-refractivity contribution in [2.24, 2.45) is 0 Å². The Morgan fingerprint density at radius 2 is 2.14 bits per heavy atom. The molecule has 21 heavy (non-hydrogen) atoms. The quantitative estimate of drug-likeness (QED) is 0.490. The molecule has 5 nitrogen and oxygen atoms in total. The Kier molecular flexibility index (Phi) is 5.43. The number of hydroxylamine groups is 1. The van der Waals surface area contributed by atoms with Gasteiger partial charge in [0.2, 0.25) is 0 Å². The molecular weight excluding hydrogens is 292 g/mol. The molecule has 0 bridgehead atoms. The number of rotatable bonds is 6. The van der Waals surface area contributed by atoms with Gasteiger partial charge in [-0.15, -0.1) is 0 Å². The van der Waals surface area contributed by atoms with Crippen molar-refractivity contribution in [3.8, 4) is 5.75 Å². The summed E-state index contributed by atoms with van der Waals surface area (Å²) in [5.74, 6) is 0.0677. The van der Waals surface area contributed by atoms with Gasteiger partial charge in [-0.3, -0.25) is 10.0 Å². The second-order valence-corrected chi connectivity index (χ2v) is 4.62. The lowest BCUT2D eigenvalue weighted by atomic mass is 10.3. The molecule has 6 heteroatoms. The molecule has 0 saturated carbocycles. The molecule has 1 amide bonds. The van der Waals surface area contributed by atoms with E-state index in [0.717, 1.165) is 5.69 Å². The molecular formula is C15H15ClN2O3. The van der Waals surface area contributed by atoms with E-state index < -0.39 is 5.91 Å². The van der Waals surface area contributed by atoms with E-state index >= 15 is 0 Å². The minimum Gasteiger partial charge on any atom is -0.490 e. The van der Waals surface area contributed by atoms with Crippen molar-refractivity contribution in [2.45, 2.75) is 6.54 Å². The van der Waals surface area contributed by atoms with E-state index in [4.69, 9.17) is 21.5 Å². The standard InChI is InChI=1S/C15H15ClN2O3/c16-13-5-1-2-6-14(13)21-11-10-18-9-3-4-12(18)7-8-15(19)17-20/h1-9,20H,10-11H2,(H,17,19). The molecule has 1 aromatic heterocycles. The molecule has 0 aliphatic rings. The summed E-state index contributed by atoms with van der Waals surface area (Å²) in [7, 11) is 0. The van der Waals surface area contributed by atoms with Crippen LogP contribution in [0.25, 0.3) is 6.08 Å². The van der Waals surface area contributed by atoms with Crippen LogP contribution in [0.3, 0.4) is 0 Å². The third-order valence-electron chi connectivity index (χ3n) is 2.81. The van der Waals surface area contributed by atoms with Gasteiger partial charge in [0, 0.05) is 18.0 Å². The lowest BCUT2D eigenvalue weighted by Crippen LogP contribution is -2.15. The van der Waals surface area contributed by atoms with Crippen LogP contribution < -0.4 is 10.2 Å². The van der Waals surface area contributed by atoms with Crippen molar-refractivity contribution in [3.05, 3.63) is 59.4 Å². The highest BCUT2D eigenvalue weighted by molar-refractivity contribution is 6.32. The maximum Gasteiger partial charge on any atom is 0.267 e. The van der Waals surface area contributed by atoms with Crippen molar-refractivity contribution < 1.29 is 14.7 Å². The van der Waals surface area contributed by atoms with Gasteiger partial charge in [-0.05, 0) is 30.3 Å². The van der Waals surface area contributed by atoms with E-state index in [1.54, 1.807) is 17.6 Å². The Labute approximate surface area is 127 Å². The molecule has 2 N–H and O–H groups in total. The van der Waals surface area contributed by atoms with E-state index in [1.807, 2.05) is 41.1 Å². The minimum atomic E-state index is -0.574. The first kappa shape index (κ1) is 15.2. The van der Waals surface area contributed by atoms with Crippen LogP contribution in [0.2, 0.25) is 5.02 Å². The Balaban J connectivity index is 1.92. The molecule has 110 valence electrons. The lowest BCUT2D eigenvalue weighted by Gasteiger charge is -2.10. The molecule has 2 aromatic rings. The number of para-hydroxylation sites is 1. The first-order valence-electron chi connectivity index (χ1n) is 6.35. The van der Waals surface area contributed by atoms with E-state index in [2.05, 4.69) is 0 Å². The molecule has 1 heterocycles. The molecule has 2 rings (SSSR count). The number of aromatic nitrogens is 1. The van der Waals surface area contributed by atoms with Crippen LogP contribution in [0.1, 0.15) is 5.69 Å². The van der Waals surface area contributed by atoms with Gasteiger partial charge >= 0.3 is 0 Å². The molecule has 0 unspecified atom stereocenters. The highest BCUT2D eigenvalue weighted by Gasteiger charge is 2.02. The van der Waals surface area contributed by atoms with Crippen molar-refractivity contribution in [3.63, 3.8) is 0 Å². The fourth-order valence-corrected chi connectivity index (χ4v) is 1.99. The Morgan fingerprint density at radius 3 is 2.90 bits per heavy atom. The van der Waals surface area contributed by atoms with Gasteiger partial charge in [0.1, 0.15) is 12.4 Å². The SMILES string of the molecule is O=C(C=Cc1cccn1CCOc1ccccc1Cl)NO. The number of benzene rings is 1. The Morgan fingerprint density at radius 1 is 1.33 bits per heavy atom. The number of nitrogens with one attached hydrogen (secondary N) is 1. The zero-order valence-electron chi connectivity index (χ0n) is 11.2. The highest BCUT2D eigenvalue weighted by atomic mass is 35.5. The maximum atomic E-state index is 11.0.